The molecule has 0 aliphatic rings. The molecule has 0 saturated heterocycles. The number of nitrogens with zero attached hydrogens (tertiary/aromatic N) is 2. The molecule has 9 heteroatoms. The Morgan fingerprint density at radius 3 is 2.27 bits per heavy atom. The number of anilines is 1. The van der Waals surface area contributed by atoms with Crippen molar-refractivity contribution in [2.75, 3.05) is 17.4 Å². The molecule has 0 aliphatic heterocycles. The van der Waals surface area contributed by atoms with Gasteiger partial charge >= 0.3 is 0 Å². The number of hydrogen-bond acceptors (Lipinski definition) is 4. The molecule has 0 fully saturated rings. The maximum atomic E-state index is 14.1. The van der Waals surface area contributed by atoms with Gasteiger partial charge in [-0.15, -0.1) is 0 Å². The molecule has 2 amide bonds. The summed E-state index contributed by atoms with van der Waals surface area (Å²) in [5.41, 5.74) is 3.58. The fraction of sp³-hybridized carbons (Fsp3) is 0.355. The lowest BCUT2D eigenvalue weighted by Gasteiger charge is -2.33. The lowest BCUT2D eigenvalue weighted by atomic mass is 10.1. The number of rotatable bonds is 12. The van der Waals surface area contributed by atoms with E-state index in [1.165, 1.54) is 17.0 Å². The van der Waals surface area contributed by atoms with Crippen molar-refractivity contribution in [1.82, 2.24) is 10.2 Å². The Labute approximate surface area is 243 Å². The number of sulfonamides is 1. The van der Waals surface area contributed by atoms with Gasteiger partial charge in [-0.3, -0.25) is 13.9 Å². The van der Waals surface area contributed by atoms with Gasteiger partial charge in [-0.2, -0.15) is 0 Å². The molecule has 40 heavy (non-hydrogen) atoms. The first kappa shape index (κ1) is 31.2. The van der Waals surface area contributed by atoms with Gasteiger partial charge in [-0.25, -0.2) is 8.42 Å². The third-order valence-corrected chi connectivity index (χ3v) is 9.18. The standard InChI is InChI=1S/C31H38ClN3O4S/c1-6-7-19-33-31(37)25(5)34(20-26-12-9-8-11-23(26)3)30(36)21-35(29-14-10-13-28(32)24(29)4)40(38,39)27-17-15-22(2)16-18-27/h8-18,25H,6-7,19-21H2,1-5H3,(H,33,37)/t25-/m0/s1. The zero-order chi connectivity index (χ0) is 29.4. The fourth-order valence-corrected chi connectivity index (χ4v) is 5.95. The number of nitrogens with one attached hydrogen (secondary N) is 1. The maximum absolute atomic E-state index is 14.1. The van der Waals surface area contributed by atoms with Crippen LogP contribution < -0.4 is 9.62 Å². The smallest absolute Gasteiger partial charge is 0.264 e. The fourth-order valence-electron chi connectivity index (χ4n) is 4.31. The molecule has 1 N–H and O–H groups in total. The van der Waals surface area contributed by atoms with Crippen molar-refractivity contribution in [3.05, 3.63) is 94.0 Å². The van der Waals surface area contributed by atoms with Gasteiger partial charge in [-0.05, 0) is 75.1 Å². The van der Waals surface area contributed by atoms with Crippen LogP contribution in [-0.4, -0.2) is 44.3 Å². The van der Waals surface area contributed by atoms with Gasteiger partial charge in [0.05, 0.1) is 10.6 Å². The van der Waals surface area contributed by atoms with Crippen LogP contribution in [0, 0.1) is 20.8 Å². The predicted molar refractivity (Wildman–Crippen MR) is 161 cm³/mol. The second-order valence-corrected chi connectivity index (χ2v) is 12.2. The highest BCUT2D eigenvalue weighted by atomic mass is 35.5. The minimum atomic E-state index is -4.16. The van der Waals surface area contributed by atoms with Crippen LogP contribution in [0.25, 0.3) is 0 Å². The van der Waals surface area contributed by atoms with Crippen molar-refractivity contribution < 1.29 is 18.0 Å². The molecule has 1 atom stereocenters. The molecule has 0 bridgehead atoms. The quantitative estimate of drug-likeness (QED) is 0.273. The third-order valence-electron chi connectivity index (χ3n) is 6.99. The predicted octanol–water partition coefficient (Wildman–Crippen LogP) is 5.79. The number of aryl methyl sites for hydroxylation is 2. The van der Waals surface area contributed by atoms with Crippen molar-refractivity contribution in [2.24, 2.45) is 0 Å². The third kappa shape index (κ3) is 7.43. The highest BCUT2D eigenvalue weighted by Gasteiger charge is 2.33. The first-order chi connectivity index (χ1) is 19.0. The Kier molecular flexibility index (Phi) is 10.8. The molecule has 214 valence electrons. The van der Waals surface area contributed by atoms with Gasteiger partial charge in [0, 0.05) is 18.1 Å². The number of amides is 2. The minimum absolute atomic E-state index is 0.0566. The number of benzene rings is 3. The molecule has 3 rings (SSSR count). The molecular formula is C31H38ClN3O4S. The Bertz CT molecular complexity index is 1440. The van der Waals surface area contributed by atoms with E-state index in [0.717, 1.165) is 33.8 Å². The summed E-state index contributed by atoms with van der Waals surface area (Å²) >= 11 is 6.38. The van der Waals surface area contributed by atoms with E-state index in [9.17, 15) is 18.0 Å². The van der Waals surface area contributed by atoms with E-state index in [2.05, 4.69) is 5.32 Å². The van der Waals surface area contributed by atoms with Crippen molar-refractivity contribution in [3.63, 3.8) is 0 Å². The van der Waals surface area contributed by atoms with E-state index < -0.39 is 28.5 Å². The molecule has 3 aromatic rings. The molecule has 0 spiro atoms. The topological polar surface area (TPSA) is 86.8 Å². The van der Waals surface area contributed by atoms with Crippen LogP contribution in [-0.2, 0) is 26.2 Å². The van der Waals surface area contributed by atoms with Gasteiger partial charge in [0.25, 0.3) is 10.0 Å². The number of hydrogen-bond donors (Lipinski definition) is 1. The normalized spacial score (nSPS) is 12.1. The monoisotopic (exact) mass is 583 g/mol. The highest BCUT2D eigenvalue weighted by molar-refractivity contribution is 7.92. The zero-order valence-electron chi connectivity index (χ0n) is 23.8. The number of unbranched alkanes of at least 4 members (excludes halogenated alkanes) is 1. The van der Waals surface area contributed by atoms with E-state index in [4.69, 9.17) is 11.6 Å². The summed E-state index contributed by atoms with van der Waals surface area (Å²) in [6, 6.07) is 18.2. The molecule has 0 aromatic heterocycles. The molecule has 0 heterocycles. The van der Waals surface area contributed by atoms with Crippen LogP contribution in [0.1, 0.15) is 48.9 Å². The molecule has 0 unspecified atom stereocenters. The van der Waals surface area contributed by atoms with Gasteiger partial charge in [0.15, 0.2) is 0 Å². The highest BCUT2D eigenvalue weighted by Crippen LogP contribution is 2.31. The van der Waals surface area contributed by atoms with E-state index in [1.807, 2.05) is 45.0 Å². The van der Waals surface area contributed by atoms with Gasteiger partial charge in [-0.1, -0.05) is 73.0 Å². The average molecular weight is 584 g/mol. The van der Waals surface area contributed by atoms with Crippen LogP contribution in [0.15, 0.2) is 71.6 Å². The number of carbonyl (C=O) groups is 2. The first-order valence-electron chi connectivity index (χ1n) is 13.4. The SMILES string of the molecule is CCCCNC(=O)[C@H](C)N(Cc1ccccc1C)C(=O)CN(c1cccc(Cl)c1C)S(=O)(=O)c1ccc(C)cc1. The number of halogens is 1. The maximum Gasteiger partial charge on any atom is 0.264 e. The van der Waals surface area contributed by atoms with E-state index in [0.29, 0.717) is 22.8 Å². The number of carbonyl (C=O) groups excluding carboxylic acids is 2. The molecule has 0 radical (unpaired) electrons. The van der Waals surface area contributed by atoms with Crippen molar-refractivity contribution >= 4 is 39.1 Å². The van der Waals surface area contributed by atoms with E-state index in [1.54, 1.807) is 44.2 Å². The summed E-state index contributed by atoms with van der Waals surface area (Å²) in [6.07, 6.45) is 1.74. The summed E-state index contributed by atoms with van der Waals surface area (Å²) in [5.74, 6) is -0.793. The molecule has 3 aromatic carbocycles. The molecule has 0 aliphatic carbocycles. The first-order valence-corrected chi connectivity index (χ1v) is 15.2. The second kappa shape index (κ2) is 13.8. The average Bonchev–Trinajstić information content (AvgIpc) is 2.92. The van der Waals surface area contributed by atoms with Crippen molar-refractivity contribution in [3.8, 4) is 0 Å². The van der Waals surface area contributed by atoms with Crippen LogP contribution in [0.4, 0.5) is 5.69 Å². The van der Waals surface area contributed by atoms with E-state index in [-0.39, 0.29) is 17.3 Å². The van der Waals surface area contributed by atoms with E-state index >= 15 is 0 Å². The van der Waals surface area contributed by atoms with Crippen LogP contribution in [0.3, 0.4) is 0 Å². The van der Waals surface area contributed by atoms with Gasteiger partial charge in [0.2, 0.25) is 11.8 Å². The Morgan fingerprint density at radius 1 is 0.950 bits per heavy atom. The lowest BCUT2D eigenvalue weighted by Crippen LogP contribution is -2.51. The lowest BCUT2D eigenvalue weighted by molar-refractivity contribution is -0.139. The van der Waals surface area contributed by atoms with Crippen molar-refractivity contribution in [1.29, 1.82) is 0 Å². The summed E-state index contributed by atoms with van der Waals surface area (Å²) < 4.78 is 29.1. The second-order valence-electron chi connectivity index (χ2n) is 9.98. The van der Waals surface area contributed by atoms with Crippen LogP contribution in [0.2, 0.25) is 5.02 Å². The molecule has 7 nitrogen and oxygen atoms in total. The van der Waals surface area contributed by atoms with Crippen LogP contribution in [0.5, 0.6) is 0 Å². The summed E-state index contributed by atoms with van der Waals surface area (Å²) in [6.45, 7) is 9.38. The Morgan fingerprint density at radius 2 is 1.62 bits per heavy atom. The van der Waals surface area contributed by atoms with Gasteiger partial charge in [0.1, 0.15) is 12.6 Å². The summed E-state index contributed by atoms with van der Waals surface area (Å²) in [7, 11) is -4.16. The summed E-state index contributed by atoms with van der Waals surface area (Å²) in [4.78, 5) is 28.6. The minimum Gasteiger partial charge on any atom is -0.354 e. The Balaban J connectivity index is 2.05. The Hall–Kier alpha value is -3.36. The largest absolute Gasteiger partial charge is 0.354 e. The molecule has 0 saturated carbocycles. The van der Waals surface area contributed by atoms with Gasteiger partial charge < -0.3 is 10.2 Å². The summed E-state index contributed by atoms with van der Waals surface area (Å²) in [5, 5.41) is 3.28. The molecular weight excluding hydrogens is 546 g/mol. The van der Waals surface area contributed by atoms with Crippen LogP contribution >= 0.6 is 11.6 Å². The zero-order valence-corrected chi connectivity index (χ0v) is 25.3. The van der Waals surface area contributed by atoms with Crippen molar-refractivity contribution in [2.45, 2.75) is 64.9 Å².